The van der Waals surface area contributed by atoms with E-state index >= 15 is 0 Å². The Labute approximate surface area is 99.6 Å². The average Bonchev–Trinajstić information content (AvgIpc) is 2.11. The van der Waals surface area contributed by atoms with Gasteiger partial charge in [0.25, 0.3) is 0 Å². The van der Waals surface area contributed by atoms with Crippen molar-refractivity contribution in [3.05, 3.63) is 23.8 Å². The average molecular weight is 244 g/mol. The van der Waals surface area contributed by atoms with Crippen molar-refractivity contribution in [3.8, 4) is 0 Å². The van der Waals surface area contributed by atoms with E-state index in [1.54, 1.807) is 27.7 Å². The van der Waals surface area contributed by atoms with Crippen molar-refractivity contribution in [2.24, 2.45) is 0 Å². The highest BCUT2D eigenvalue weighted by Crippen LogP contribution is 2.30. The normalized spacial score (nSPS) is 12.6. The van der Waals surface area contributed by atoms with Gasteiger partial charge in [-0.05, 0) is 33.8 Å². The van der Waals surface area contributed by atoms with Crippen LogP contribution in [0, 0.1) is 11.6 Å². The van der Waals surface area contributed by atoms with Crippen molar-refractivity contribution in [1.29, 1.82) is 0 Å². The van der Waals surface area contributed by atoms with Gasteiger partial charge in [-0.15, -0.1) is 0 Å². The molecular formula is C12H18F2N2O. The third-order valence-corrected chi connectivity index (χ3v) is 3.07. The molecule has 0 radical (unpaired) electrons. The summed E-state index contributed by atoms with van der Waals surface area (Å²) in [5.74, 6) is -1.54. The lowest BCUT2D eigenvalue weighted by molar-refractivity contribution is 0.0240. The SMILES string of the molecule is CC(C)(O)C(C)(C)Nc1cc(F)cc(F)c1N. The summed E-state index contributed by atoms with van der Waals surface area (Å²) in [5.41, 5.74) is 3.62. The number of hydrogen-bond acceptors (Lipinski definition) is 3. The van der Waals surface area contributed by atoms with Gasteiger partial charge in [-0.25, -0.2) is 8.78 Å². The summed E-state index contributed by atoms with van der Waals surface area (Å²) < 4.78 is 26.3. The first-order valence-corrected chi connectivity index (χ1v) is 5.29. The first-order chi connectivity index (χ1) is 7.54. The number of rotatable bonds is 3. The number of anilines is 2. The van der Waals surface area contributed by atoms with Crippen LogP contribution in [0.25, 0.3) is 0 Å². The predicted octanol–water partition coefficient (Wildman–Crippen LogP) is 2.51. The van der Waals surface area contributed by atoms with Crippen molar-refractivity contribution < 1.29 is 13.9 Å². The molecule has 1 rings (SSSR count). The van der Waals surface area contributed by atoms with E-state index in [1.165, 1.54) is 0 Å². The highest BCUT2D eigenvalue weighted by molar-refractivity contribution is 5.67. The topological polar surface area (TPSA) is 58.3 Å². The molecule has 0 atom stereocenters. The maximum atomic E-state index is 13.2. The predicted molar refractivity (Wildman–Crippen MR) is 64.8 cm³/mol. The van der Waals surface area contributed by atoms with Gasteiger partial charge < -0.3 is 16.2 Å². The second kappa shape index (κ2) is 4.14. The van der Waals surface area contributed by atoms with E-state index in [4.69, 9.17) is 5.73 Å². The summed E-state index contributed by atoms with van der Waals surface area (Å²) in [6, 6.07) is 1.82. The van der Waals surface area contributed by atoms with Gasteiger partial charge in [0.05, 0.1) is 22.5 Å². The summed E-state index contributed by atoms with van der Waals surface area (Å²) in [6.45, 7) is 6.64. The van der Waals surface area contributed by atoms with Crippen molar-refractivity contribution in [1.82, 2.24) is 0 Å². The molecule has 0 heterocycles. The molecular weight excluding hydrogens is 226 g/mol. The van der Waals surface area contributed by atoms with E-state index in [0.29, 0.717) is 0 Å². The highest BCUT2D eigenvalue weighted by Gasteiger charge is 2.35. The van der Waals surface area contributed by atoms with Gasteiger partial charge in [-0.2, -0.15) is 0 Å². The fraction of sp³-hybridized carbons (Fsp3) is 0.500. The van der Waals surface area contributed by atoms with Crippen LogP contribution >= 0.6 is 0 Å². The van der Waals surface area contributed by atoms with Crippen LogP contribution in [-0.4, -0.2) is 16.2 Å². The standard InChI is InChI=1S/C12H18F2N2O/c1-11(2,12(3,4)17)16-9-6-7(13)5-8(14)10(9)15/h5-6,16-17H,15H2,1-4H3. The number of nitrogens with two attached hydrogens (primary N) is 1. The zero-order valence-corrected chi connectivity index (χ0v) is 10.4. The Hall–Kier alpha value is -1.36. The molecule has 4 N–H and O–H groups in total. The van der Waals surface area contributed by atoms with Crippen molar-refractivity contribution in [2.45, 2.75) is 38.8 Å². The zero-order valence-electron chi connectivity index (χ0n) is 10.4. The lowest BCUT2D eigenvalue weighted by atomic mass is 9.85. The van der Waals surface area contributed by atoms with Crippen LogP contribution in [0.1, 0.15) is 27.7 Å². The molecule has 0 aliphatic heterocycles. The summed E-state index contributed by atoms with van der Waals surface area (Å²) in [4.78, 5) is 0. The number of nitrogen functional groups attached to an aromatic ring is 1. The van der Waals surface area contributed by atoms with Gasteiger partial charge in [0.15, 0.2) is 5.82 Å². The summed E-state index contributed by atoms with van der Waals surface area (Å²) in [6.07, 6.45) is 0. The Morgan fingerprint density at radius 3 is 2.18 bits per heavy atom. The van der Waals surface area contributed by atoms with Crippen LogP contribution in [0.5, 0.6) is 0 Å². The zero-order chi connectivity index (χ0) is 13.4. The maximum absolute atomic E-state index is 13.2. The minimum Gasteiger partial charge on any atom is -0.395 e. The van der Waals surface area contributed by atoms with Crippen LogP contribution in [-0.2, 0) is 0 Å². The Kier molecular flexibility index (Phi) is 3.34. The fourth-order valence-corrected chi connectivity index (χ4v) is 1.18. The van der Waals surface area contributed by atoms with E-state index in [-0.39, 0.29) is 11.4 Å². The van der Waals surface area contributed by atoms with Gasteiger partial charge in [0.1, 0.15) is 5.82 Å². The Morgan fingerprint density at radius 2 is 1.71 bits per heavy atom. The molecule has 1 aromatic rings. The molecule has 5 heteroatoms. The van der Waals surface area contributed by atoms with E-state index in [0.717, 1.165) is 12.1 Å². The van der Waals surface area contributed by atoms with Crippen LogP contribution in [0.2, 0.25) is 0 Å². The monoisotopic (exact) mass is 244 g/mol. The third-order valence-electron chi connectivity index (χ3n) is 3.07. The Balaban J connectivity index is 3.12. The number of nitrogens with one attached hydrogen (secondary N) is 1. The van der Waals surface area contributed by atoms with Crippen LogP contribution in [0.3, 0.4) is 0 Å². The minimum absolute atomic E-state index is 0.134. The van der Waals surface area contributed by atoms with Crippen molar-refractivity contribution in [2.75, 3.05) is 11.1 Å². The lowest BCUT2D eigenvalue weighted by Crippen LogP contribution is -2.51. The molecule has 1 aromatic carbocycles. The van der Waals surface area contributed by atoms with Crippen LogP contribution in [0.4, 0.5) is 20.2 Å². The molecule has 0 aliphatic carbocycles. The molecule has 0 unspecified atom stereocenters. The first-order valence-electron chi connectivity index (χ1n) is 5.29. The molecule has 0 aliphatic rings. The Morgan fingerprint density at radius 1 is 1.18 bits per heavy atom. The van der Waals surface area contributed by atoms with Gasteiger partial charge in [-0.1, -0.05) is 0 Å². The molecule has 3 nitrogen and oxygen atoms in total. The summed E-state index contributed by atoms with van der Waals surface area (Å²) >= 11 is 0. The molecule has 0 amide bonds. The smallest absolute Gasteiger partial charge is 0.151 e. The van der Waals surface area contributed by atoms with E-state index in [1.807, 2.05) is 0 Å². The van der Waals surface area contributed by atoms with Gasteiger partial charge in [0.2, 0.25) is 0 Å². The van der Waals surface area contributed by atoms with Gasteiger partial charge in [0, 0.05) is 6.07 Å². The number of hydrogen-bond donors (Lipinski definition) is 3. The minimum atomic E-state index is -1.08. The quantitative estimate of drug-likeness (QED) is 0.716. The van der Waals surface area contributed by atoms with Crippen LogP contribution in [0.15, 0.2) is 12.1 Å². The summed E-state index contributed by atoms with van der Waals surface area (Å²) in [5, 5.41) is 12.8. The van der Waals surface area contributed by atoms with Crippen molar-refractivity contribution in [3.63, 3.8) is 0 Å². The number of aliphatic hydroxyl groups is 1. The second-order valence-corrected chi connectivity index (χ2v) is 5.16. The number of benzene rings is 1. The summed E-state index contributed by atoms with van der Waals surface area (Å²) in [7, 11) is 0. The first kappa shape index (κ1) is 13.7. The highest BCUT2D eigenvalue weighted by atomic mass is 19.1. The maximum Gasteiger partial charge on any atom is 0.151 e. The van der Waals surface area contributed by atoms with E-state index < -0.39 is 22.8 Å². The molecule has 0 fully saturated rings. The van der Waals surface area contributed by atoms with E-state index in [9.17, 15) is 13.9 Å². The number of halogens is 2. The molecule has 0 saturated heterocycles. The molecule has 0 spiro atoms. The lowest BCUT2D eigenvalue weighted by Gasteiger charge is -2.39. The second-order valence-electron chi connectivity index (χ2n) is 5.16. The van der Waals surface area contributed by atoms with Gasteiger partial charge in [-0.3, -0.25) is 0 Å². The molecule has 0 bridgehead atoms. The van der Waals surface area contributed by atoms with Gasteiger partial charge >= 0.3 is 0 Å². The van der Waals surface area contributed by atoms with E-state index in [2.05, 4.69) is 5.32 Å². The molecule has 0 aromatic heterocycles. The van der Waals surface area contributed by atoms with Crippen molar-refractivity contribution >= 4 is 11.4 Å². The molecule has 96 valence electrons. The largest absolute Gasteiger partial charge is 0.395 e. The fourth-order valence-electron chi connectivity index (χ4n) is 1.18. The Bertz CT molecular complexity index is 425. The third kappa shape index (κ3) is 2.85. The van der Waals surface area contributed by atoms with Crippen LogP contribution < -0.4 is 11.1 Å². The molecule has 0 saturated carbocycles. The molecule has 17 heavy (non-hydrogen) atoms.